The Labute approximate surface area is 103 Å². The summed E-state index contributed by atoms with van der Waals surface area (Å²) in [5.41, 5.74) is -2.20. The molecule has 0 aliphatic carbocycles. The van der Waals surface area contributed by atoms with E-state index in [-0.39, 0.29) is 37.8 Å². The van der Waals surface area contributed by atoms with Gasteiger partial charge in [-0.1, -0.05) is 0 Å². The summed E-state index contributed by atoms with van der Waals surface area (Å²) in [6, 6.07) is 0. The fraction of sp³-hybridized carbons (Fsp3) is 0.900. The number of carbonyl (C=O) groups excluding carboxylic acids is 1. The second-order valence-corrected chi connectivity index (χ2v) is 4.31. The van der Waals surface area contributed by atoms with Crippen molar-refractivity contribution in [1.29, 1.82) is 0 Å². The number of halogens is 4. The maximum absolute atomic E-state index is 12.9. The van der Waals surface area contributed by atoms with Crippen LogP contribution >= 0.6 is 11.6 Å². The molecule has 0 aromatic rings. The standard InChI is InChI=1S/C10H15ClF3NO2/c1-2-17-9(10(12,13)14)4-6-15(7-9)8(16)3-5-11/h2-7H2,1H3. The van der Waals surface area contributed by atoms with Gasteiger partial charge in [-0.25, -0.2) is 0 Å². The third kappa shape index (κ3) is 3.04. The second kappa shape index (κ2) is 5.44. The molecule has 1 fully saturated rings. The minimum Gasteiger partial charge on any atom is -0.364 e. The van der Waals surface area contributed by atoms with Crippen LogP contribution in [0.4, 0.5) is 13.2 Å². The van der Waals surface area contributed by atoms with Gasteiger partial charge in [-0.05, 0) is 6.92 Å². The maximum Gasteiger partial charge on any atom is 0.419 e. The Kier molecular flexibility index (Phi) is 4.66. The number of amides is 1. The number of alkyl halides is 4. The zero-order valence-corrected chi connectivity index (χ0v) is 10.3. The van der Waals surface area contributed by atoms with E-state index >= 15 is 0 Å². The molecule has 1 atom stereocenters. The zero-order chi connectivity index (χ0) is 13.1. The van der Waals surface area contributed by atoms with Crippen molar-refractivity contribution >= 4 is 17.5 Å². The van der Waals surface area contributed by atoms with E-state index in [1.807, 2.05) is 0 Å². The van der Waals surface area contributed by atoms with Crippen molar-refractivity contribution in [2.24, 2.45) is 0 Å². The summed E-state index contributed by atoms with van der Waals surface area (Å²) in [6.07, 6.45) is -4.61. The van der Waals surface area contributed by atoms with E-state index < -0.39 is 18.3 Å². The van der Waals surface area contributed by atoms with E-state index in [2.05, 4.69) is 0 Å². The Morgan fingerprint density at radius 3 is 2.65 bits per heavy atom. The molecular weight excluding hydrogens is 259 g/mol. The largest absolute Gasteiger partial charge is 0.419 e. The molecule has 1 aliphatic heterocycles. The van der Waals surface area contributed by atoms with Crippen LogP contribution in [-0.2, 0) is 9.53 Å². The van der Waals surface area contributed by atoms with Gasteiger partial charge in [-0.3, -0.25) is 4.79 Å². The average Bonchev–Trinajstić information content (AvgIpc) is 2.63. The van der Waals surface area contributed by atoms with Crippen molar-refractivity contribution in [2.45, 2.75) is 31.5 Å². The minimum atomic E-state index is -4.46. The molecule has 1 unspecified atom stereocenters. The summed E-state index contributed by atoms with van der Waals surface area (Å²) in [7, 11) is 0. The summed E-state index contributed by atoms with van der Waals surface area (Å²) >= 11 is 5.40. The molecule has 1 heterocycles. The third-order valence-electron chi connectivity index (χ3n) is 2.83. The van der Waals surface area contributed by atoms with E-state index in [1.165, 1.54) is 11.8 Å². The number of rotatable bonds is 4. The quantitative estimate of drug-likeness (QED) is 0.735. The topological polar surface area (TPSA) is 29.5 Å². The van der Waals surface area contributed by atoms with Crippen LogP contribution in [0.3, 0.4) is 0 Å². The average molecular weight is 274 g/mol. The fourth-order valence-corrected chi connectivity index (χ4v) is 2.10. The second-order valence-electron chi connectivity index (χ2n) is 3.93. The van der Waals surface area contributed by atoms with E-state index in [1.54, 1.807) is 0 Å². The molecule has 0 saturated carbocycles. The highest BCUT2D eigenvalue weighted by Gasteiger charge is 2.59. The lowest BCUT2D eigenvalue weighted by atomic mass is 10.0. The molecule has 1 rings (SSSR count). The monoisotopic (exact) mass is 273 g/mol. The van der Waals surface area contributed by atoms with Crippen molar-refractivity contribution in [3.8, 4) is 0 Å². The van der Waals surface area contributed by atoms with Gasteiger partial charge in [-0.15, -0.1) is 11.6 Å². The van der Waals surface area contributed by atoms with Crippen LogP contribution in [0.2, 0.25) is 0 Å². The Morgan fingerprint density at radius 2 is 2.18 bits per heavy atom. The molecule has 17 heavy (non-hydrogen) atoms. The first-order valence-corrected chi connectivity index (χ1v) is 5.94. The first-order chi connectivity index (χ1) is 7.86. The lowest BCUT2D eigenvalue weighted by molar-refractivity contribution is -0.270. The van der Waals surface area contributed by atoms with Crippen molar-refractivity contribution in [3.63, 3.8) is 0 Å². The summed E-state index contributed by atoms with van der Waals surface area (Å²) in [5, 5.41) is 0. The summed E-state index contributed by atoms with van der Waals surface area (Å²) in [4.78, 5) is 12.7. The van der Waals surface area contributed by atoms with E-state index in [4.69, 9.17) is 16.3 Å². The highest BCUT2D eigenvalue weighted by Crippen LogP contribution is 2.40. The highest BCUT2D eigenvalue weighted by molar-refractivity contribution is 6.18. The van der Waals surface area contributed by atoms with Gasteiger partial charge in [0.1, 0.15) is 0 Å². The van der Waals surface area contributed by atoms with Crippen molar-refractivity contribution in [2.75, 3.05) is 25.6 Å². The van der Waals surface area contributed by atoms with Crippen LogP contribution in [0.5, 0.6) is 0 Å². The van der Waals surface area contributed by atoms with Crippen LogP contribution < -0.4 is 0 Å². The Bertz CT molecular complexity index is 285. The lowest BCUT2D eigenvalue weighted by Crippen LogP contribution is -2.50. The van der Waals surface area contributed by atoms with Crippen LogP contribution in [0.15, 0.2) is 0 Å². The number of ether oxygens (including phenoxy) is 1. The molecule has 7 heteroatoms. The van der Waals surface area contributed by atoms with Gasteiger partial charge in [0.2, 0.25) is 5.91 Å². The van der Waals surface area contributed by atoms with Gasteiger partial charge in [0, 0.05) is 31.9 Å². The van der Waals surface area contributed by atoms with Gasteiger partial charge in [0.05, 0.1) is 6.54 Å². The fourth-order valence-electron chi connectivity index (χ4n) is 1.94. The first-order valence-electron chi connectivity index (χ1n) is 5.40. The molecule has 0 spiro atoms. The molecule has 100 valence electrons. The highest BCUT2D eigenvalue weighted by atomic mass is 35.5. The number of likely N-dealkylation sites (tertiary alicyclic amines) is 1. The van der Waals surface area contributed by atoms with E-state index in [0.717, 1.165) is 0 Å². The molecule has 0 N–H and O–H groups in total. The van der Waals surface area contributed by atoms with Gasteiger partial charge in [0.25, 0.3) is 0 Å². The van der Waals surface area contributed by atoms with Crippen LogP contribution in [0.25, 0.3) is 0 Å². The molecule has 3 nitrogen and oxygen atoms in total. The number of carbonyl (C=O) groups is 1. The molecule has 1 saturated heterocycles. The molecule has 1 aliphatic rings. The molecule has 0 aromatic carbocycles. The van der Waals surface area contributed by atoms with Crippen molar-refractivity contribution in [3.05, 3.63) is 0 Å². The molecule has 1 amide bonds. The summed E-state index contributed by atoms with van der Waals surface area (Å²) in [6.45, 7) is 1.11. The van der Waals surface area contributed by atoms with Crippen molar-refractivity contribution in [1.82, 2.24) is 4.90 Å². The van der Waals surface area contributed by atoms with E-state index in [0.29, 0.717) is 0 Å². The lowest BCUT2D eigenvalue weighted by Gasteiger charge is -2.31. The third-order valence-corrected chi connectivity index (χ3v) is 3.02. The maximum atomic E-state index is 12.9. The number of hydrogen-bond donors (Lipinski definition) is 0. The molecule has 0 radical (unpaired) electrons. The summed E-state index contributed by atoms with van der Waals surface area (Å²) < 4.78 is 43.7. The van der Waals surface area contributed by atoms with Crippen LogP contribution in [0, 0.1) is 0 Å². The van der Waals surface area contributed by atoms with Crippen LogP contribution in [0.1, 0.15) is 19.8 Å². The van der Waals surface area contributed by atoms with Gasteiger partial charge in [-0.2, -0.15) is 13.2 Å². The normalized spacial score (nSPS) is 25.4. The minimum absolute atomic E-state index is 0.0307. The summed E-state index contributed by atoms with van der Waals surface area (Å²) in [5.74, 6) is -0.242. The van der Waals surface area contributed by atoms with Gasteiger partial charge < -0.3 is 9.64 Å². The Hall–Kier alpha value is -0.490. The number of nitrogens with zero attached hydrogens (tertiary/aromatic N) is 1. The number of hydrogen-bond acceptors (Lipinski definition) is 2. The van der Waals surface area contributed by atoms with Crippen molar-refractivity contribution < 1.29 is 22.7 Å². The molecule has 0 aromatic heterocycles. The Morgan fingerprint density at radius 1 is 1.53 bits per heavy atom. The van der Waals surface area contributed by atoms with Gasteiger partial charge in [0.15, 0.2) is 5.60 Å². The molecular formula is C10H15ClF3NO2. The smallest absolute Gasteiger partial charge is 0.364 e. The van der Waals surface area contributed by atoms with E-state index in [9.17, 15) is 18.0 Å². The predicted octanol–water partition coefficient (Wildman–Crippen LogP) is 2.19. The SMILES string of the molecule is CCOC1(C(F)(F)F)CCN(C(=O)CCCl)C1. The first kappa shape index (κ1) is 14.6. The van der Waals surface area contributed by atoms with Crippen LogP contribution in [-0.4, -0.2) is 48.2 Å². The molecule has 0 bridgehead atoms. The predicted molar refractivity (Wildman–Crippen MR) is 56.9 cm³/mol. The van der Waals surface area contributed by atoms with Gasteiger partial charge >= 0.3 is 6.18 Å². The zero-order valence-electron chi connectivity index (χ0n) is 9.52. The Balaban J connectivity index is 2.75.